The number of benzene rings is 1. The summed E-state index contributed by atoms with van der Waals surface area (Å²) in [4.78, 5) is 16.1. The highest BCUT2D eigenvalue weighted by Crippen LogP contribution is 2.25. The van der Waals surface area contributed by atoms with E-state index in [0.29, 0.717) is 18.9 Å². The summed E-state index contributed by atoms with van der Waals surface area (Å²) in [6.45, 7) is 2.79. The van der Waals surface area contributed by atoms with Gasteiger partial charge in [-0.25, -0.2) is 0 Å². The van der Waals surface area contributed by atoms with Crippen LogP contribution in [0.3, 0.4) is 0 Å². The molecule has 0 saturated carbocycles. The minimum Gasteiger partial charge on any atom is -0.497 e. The van der Waals surface area contributed by atoms with Gasteiger partial charge in [0.15, 0.2) is 0 Å². The molecule has 1 aromatic carbocycles. The average Bonchev–Trinajstić information content (AvgIpc) is 3.18. The van der Waals surface area contributed by atoms with Gasteiger partial charge < -0.3 is 15.0 Å². The van der Waals surface area contributed by atoms with Crippen molar-refractivity contribution < 1.29 is 9.53 Å². The molecule has 1 aromatic heterocycles. The fraction of sp³-hybridized carbons (Fsp3) is 0.450. The van der Waals surface area contributed by atoms with Crippen LogP contribution >= 0.6 is 11.3 Å². The van der Waals surface area contributed by atoms with E-state index in [4.69, 9.17) is 4.74 Å². The highest BCUT2D eigenvalue weighted by molar-refractivity contribution is 7.09. The van der Waals surface area contributed by atoms with Crippen LogP contribution in [0.15, 0.2) is 41.8 Å². The zero-order valence-corrected chi connectivity index (χ0v) is 15.6. The predicted molar refractivity (Wildman–Crippen MR) is 103 cm³/mol. The highest BCUT2D eigenvalue weighted by atomic mass is 32.1. The van der Waals surface area contributed by atoms with Gasteiger partial charge in [0.1, 0.15) is 5.75 Å². The van der Waals surface area contributed by atoms with Crippen molar-refractivity contribution in [3.8, 4) is 5.75 Å². The third-order valence-electron chi connectivity index (χ3n) is 4.80. The van der Waals surface area contributed by atoms with Crippen LogP contribution in [0.4, 0.5) is 5.69 Å². The molecule has 1 saturated heterocycles. The molecule has 0 aliphatic carbocycles. The molecule has 0 unspecified atom stereocenters. The van der Waals surface area contributed by atoms with Gasteiger partial charge in [0, 0.05) is 17.0 Å². The minimum atomic E-state index is 0.206. The van der Waals surface area contributed by atoms with E-state index < -0.39 is 0 Å². The first-order chi connectivity index (χ1) is 12.3. The molecule has 0 bridgehead atoms. The minimum absolute atomic E-state index is 0.206. The van der Waals surface area contributed by atoms with E-state index in [1.807, 2.05) is 35.2 Å². The summed E-state index contributed by atoms with van der Waals surface area (Å²) in [5, 5.41) is 5.44. The molecule has 134 valence electrons. The molecule has 1 amide bonds. The van der Waals surface area contributed by atoms with Crippen molar-refractivity contribution in [1.82, 2.24) is 5.32 Å². The Kier molecular flexibility index (Phi) is 6.48. The third-order valence-corrected chi connectivity index (χ3v) is 5.67. The fourth-order valence-corrected chi connectivity index (χ4v) is 3.97. The number of hydrogen-bond donors (Lipinski definition) is 1. The van der Waals surface area contributed by atoms with E-state index in [1.165, 1.54) is 17.7 Å². The average molecular weight is 359 g/mol. The summed E-state index contributed by atoms with van der Waals surface area (Å²) in [6.07, 6.45) is 3.96. The van der Waals surface area contributed by atoms with Crippen LogP contribution in [0.5, 0.6) is 5.75 Å². The summed E-state index contributed by atoms with van der Waals surface area (Å²) in [6, 6.07) is 11.9. The first-order valence-corrected chi connectivity index (χ1v) is 9.82. The maximum Gasteiger partial charge on any atom is 0.227 e. The van der Waals surface area contributed by atoms with Crippen molar-refractivity contribution in [1.29, 1.82) is 0 Å². The van der Waals surface area contributed by atoms with Gasteiger partial charge in [-0.2, -0.15) is 0 Å². The Morgan fingerprint density at radius 3 is 2.64 bits per heavy atom. The first-order valence-electron chi connectivity index (χ1n) is 8.94. The molecule has 0 atom stereocenters. The number of carbonyl (C=O) groups excluding carboxylic acids is 1. The topological polar surface area (TPSA) is 41.6 Å². The van der Waals surface area contributed by atoms with Crippen LogP contribution in [0, 0.1) is 5.92 Å². The number of thiophene rings is 1. The summed E-state index contributed by atoms with van der Waals surface area (Å²) >= 11 is 1.69. The molecule has 1 fully saturated rings. The van der Waals surface area contributed by atoms with Crippen molar-refractivity contribution >= 4 is 22.9 Å². The maximum absolute atomic E-state index is 13.0. The Morgan fingerprint density at radius 1 is 1.24 bits per heavy atom. The van der Waals surface area contributed by atoms with E-state index >= 15 is 0 Å². The van der Waals surface area contributed by atoms with Crippen LogP contribution in [0.25, 0.3) is 0 Å². The van der Waals surface area contributed by atoms with Gasteiger partial charge in [0.05, 0.1) is 13.7 Å². The fourth-order valence-electron chi connectivity index (χ4n) is 3.28. The van der Waals surface area contributed by atoms with Crippen LogP contribution in [0.2, 0.25) is 0 Å². The molecule has 1 N–H and O–H groups in total. The molecular formula is C20H26N2O2S. The van der Waals surface area contributed by atoms with Crippen LogP contribution < -0.4 is 15.0 Å². The van der Waals surface area contributed by atoms with Crippen molar-refractivity contribution in [2.24, 2.45) is 5.92 Å². The number of anilines is 1. The second kappa shape index (κ2) is 9.02. The standard InChI is InChI=1S/C20H26N2O2S/c1-24-18-7-5-17(6-8-18)22(15-19-3-2-14-25-19)20(23)9-4-16-10-12-21-13-11-16/h2-3,5-8,14,16,21H,4,9-13,15H2,1H3. The third kappa shape index (κ3) is 5.06. The van der Waals surface area contributed by atoms with E-state index in [0.717, 1.165) is 30.9 Å². The number of piperidine rings is 1. The van der Waals surface area contributed by atoms with Crippen molar-refractivity contribution in [3.05, 3.63) is 46.7 Å². The van der Waals surface area contributed by atoms with Crippen molar-refractivity contribution in [2.45, 2.75) is 32.2 Å². The lowest BCUT2D eigenvalue weighted by Gasteiger charge is -2.25. The number of amides is 1. The molecular weight excluding hydrogens is 332 g/mol. The zero-order chi connectivity index (χ0) is 17.5. The Bertz CT molecular complexity index is 649. The molecule has 1 aliphatic heterocycles. The van der Waals surface area contributed by atoms with Crippen molar-refractivity contribution in [3.63, 3.8) is 0 Å². The van der Waals surface area contributed by atoms with Gasteiger partial charge in [-0.3, -0.25) is 4.79 Å². The van der Waals surface area contributed by atoms with Crippen LogP contribution in [-0.2, 0) is 11.3 Å². The van der Waals surface area contributed by atoms with Gasteiger partial charge in [0.25, 0.3) is 0 Å². The summed E-state index contributed by atoms with van der Waals surface area (Å²) in [5.74, 6) is 1.68. The lowest BCUT2D eigenvalue weighted by molar-refractivity contribution is -0.119. The molecule has 5 heteroatoms. The lowest BCUT2D eigenvalue weighted by Crippen LogP contribution is -2.32. The SMILES string of the molecule is COc1ccc(N(Cc2cccs2)C(=O)CCC2CCNCC2)cc1. The number of hydrogen-bond acceptors (Lipinski definition) is 4. The second-order valence-electron chi connectivity index (χ2n) is 6.49. The van der Waals surface area contributed by atoms with Gasteiger partial charge in [-0.1, -0.05) is 6.07 Å². The quantitative estimate of drug-likeness (QED) is 0.811. The highest BCUT2D eigenvalue weighted by Gasteiger charge is 2.20. The van der Waals surface area contributed by atoms with E-state index in [9.17, 15) is 4.79 Å². The van der Waals surface area contributed by atoms with E-state index in [1.54, 1.807) is 18.4 Å². The monoisotopic (exact) mass is 358 g/mol. The second-order valence-corrected chi connectivity index (χ2v) is 7.52. The molecule has 0 spiro atoms. The van der Waals surface area contributed by atoms with Gasteiger partial charge >= 0.3 is 0 Å². The van der Waals surface area contributed by atoms with Crippen LogP contribution in [0.1, 0.15) is 30.6 Å². The summed E-state index contributed by atoms with van der Waals surface area (Å²) in [7, 11) is 1.66. The number of methoxy groups -OCH3 is 1. The maximum atomic E-state index is 13.0. The number of carbonyl (C=O) groups is 1. The predicted octanol–water partition coefficient (Wildman–Crippen LogP) is 4.07. The summed E-state index contributed by atoms with van der Waals surface area (Å²) < 4.78 is 5.23. The number of nitrogens with zero attached hydrogens (tertiary/aromatic N) is 1. The Labute approximate surface area is 153 Å². The van der Waals surface area contributed by atoms with Crippen LogP contribution in [-0.4, -0.2) is 26.1 Å². The Balaban J connectivity index is 1.68. The largest absolute Gasteiger partial charge is 0.497 e. The molecule has 4 nitrogen and oxygen atoms in total. The van der Waals surface area contributed by atoms with E-state index in [2.05, 4.69) is 16.8 Å². The Hall–Kier alpha value is -1.85. The first kappa shape index (κ1) is 18.0. The molecule has 1 aliphatic rings. The Morgan fingerprint density at radius 2 is 2.00 bits per heavy atom. The van der Waals surface area contributed by atoms with Crippen molar-refractivity contribution in [2.75, 3.05) is 25.1 Å². The van der Waals surface area contributed by atoms with Gasteiger partial charge in [-0.05, 0) is 74.0 Å². The normalized spacial score (nSPS) is 15.1. The smallest absolute Gasteiger partial charge is 0.227 e. The van der Waals surface area contributed by atoms with E-state index in [-0.39, 0.29) is 5.91 Å². The molecule has 3 rings (SSSR count). The van der Waals surface area contributed by atoms with Gasteiger partial charge in [-0.15, -0.1) is 11.3 Å². The van der Waals surface area contributed by atoms with Gasteiger partial charge in [0.2, 0.25) is 5.91 Å². The number of ether oxygens (including phenoxy) is 1. The molecule has 0 radical (unpaired) electrons. The number of rotatable bonds is 7. The number of nitrogens with one attached hydrogen (secondary N) is 1. The molecule has 2 aromatic rings. The molecule has 25 heavy (non-hydrogen) atoms. The lowest BCUT2D eigenvalue weighted by atomic mass is 9.93. The molecule has 2 heterocycles. The summed E-state index contributed by atoms with van der Waals surface area (Å²) in [5.41, 5.74) is 0.935. The zero-order valence-electron chi connectivity index (χ0n) is 14.7.